The second-order valence-electron chi connectivity index (χ2n) is 7.23. The lowest BCUT2D eigenvalue weighted by molar-refractivity contribution is -0.126. The maximum Gasteiger partial charge on any atom is 0.223 e. The highest BCUT2D eigenvalue weighted by Crippen LogP contribution is 2.20. The quantitative estimate of drug-likeness (QED) is 0.842. The Labute approximate surface area is 130 Å². The third-order valence-corrected chi connectivity index (χ3v) is 5.32. The van der Waals surface area contributed by atoms with E-state index in [1.165, 1.54) is 25.9 Å². The summed E-state index contributed by atoms with van der Waals surface area (Å²) in [6, 6.07) is 0.610. The third kappa shape index (κ3) is 5.26. The van der Waals surface area contributed by atoms with E-state index in [1.807, 2.05) is 0 Å². The van der Waals surface area contributed by atoms with Crippen LogP contribution in [0.1, 0.15) is 46.0 Å². The summed E-state index contributed by atoms with van der Waals surface area (Å²) in [5.74, 6) is 1.35. The standard InChI is InChI=1S/C17H33N3O/c1-14(2)20-12-7-16(8-13-20)17(21)18-9-4-15-5-10-19(3)11-6-15/h14-16H,4-13H2,1-3H3,(H,18,21). The summed E-state index contributed by atoms with van der Waals surface area (Å²) in [6.45, 7) is 9.93. The van der Waals surface area contributed by atoms with E-state index in [2.05, 4.69) is 36.0 Å². The van der Waals surface area contributed by atoms with Crippen LogP contribution in [0.15, 0.2) is 0 Å². The molecule has 4 heteroatoms. The topological polar surface area (TPSA) is 35.6 Å². The van der Waals surface area contributed by atoms with Crippen molar-refractivity contribution < 1.29 is 4.79 Å². The summed E-state index contributed by atoms with van der Waals surface area (Å²) >= 11 is 0. The van der Waals surface area contributed by atoms with Crippen molar-refractivity contribution in [3.63, 3.8) is 0 Å². The summed E-state index contributed by atoms with van der Waals surface area (Å²) in [5.41, 5.74) is 0. The molecule has 122 valence electrons. The molecule has 0 aliphatic carbocycles. The molecule has 2 heterocycles. The van der Waals surface area contributed by atoms with Crippen LogP contribution in [-0.4, -0.2) is 61.5 Å². The number of hydrogen-bond donors (Lipinski definition) is 1. The normalized spacial score (nSPS) is 23.6. The molecule has 21 heavy (non-hydrogen) atoms. The molecular formula is C17H33N3O. The van der Waals surface area contributed by atoms with Crippen LogP contribution in [0.3, 0.4) is 0 Å². The van der Waals surface area contributed by atoms with Gasteiger partial charge in [0, 0.05) is 18.5 Å². The van der Waals surface area contributed by atoms with Crippen LogP contribution < -0.4 is 5.32 Å². The van der Waals surface area contributed by atoms with Crippen LogP contribution in [0.4, 0.5) is 0 Å². The Balaban J connectivity index is 1.60. The van der Waals surface area contributed by atoms with Crippen LogP contribution in [0.25, 0.3) is 0 Å². The zero-order valence-electron chi connectivity index (χ0n) is 14.1. The summed E-state index contributed by atoms with van der Waals surface area (Å²) in [4.78, 5) is 17.1. The van der Waals surface area contributed by atoms with E-state index >= 15 is 0 Å². The van der Waals surface area contributed by atoms with Gasteiger partial charge in [-0.15, -0.1) is 0 Å². The predicted octanol–water partition coefficient (Wildman–Crippen LogP) is 1.95. The molecule has 0 aromatic carbocycles. The van der Waals surface area contributed by atoms with Gasteiger partial charge in [0.05, 0.1) is 0 Å². The maximum absolute atomic E-state index is 12.2. The van der Waals surface area contributed by atoms with E-state index in [0.717, 1.165) is 44.8 Å². The van der Waals surface area contributed by atoms with Gasteiger partial charge in [-0.3, -0.25) is 4.79 Å². The van der Waals surface area contributed by atoms with Gasteiger partial charge in [0.1, 0.15) is 0 Å². The molecule has 0 aromatic heterocycles. The van der Waals surface area contributed by atoms with Crippen molar-refractivity contribution in [2.45, 2.75) is 52.0 Å². The molecule has 0 saturated carbocycles. The van der Waals surface area contributed by atoms with Gasteiger partial charge in [0.25, 0.3) is 0 Å². The van der Waals surface area contributed by atoms with E-state index in [4.69, 9.17) is 0 Å². The average molecular weight is 295 g/mol. The Hall–Kier alpha value is -0.610. The van der Waals surface area contributed by atoms with Crippen molar-refractivity contribution in [3.8, 4) is 0 Å². The van der Waals surface area contributed by atoms with E-state index in [-0.39, 0.29) is 5.92 Å². The highest BCUT2D eigenvalue weighted by molar-refractivity contribution is 5.78. The average Bonchev–Trinajstić information content (AvgIpc) is 2.49. The van der Waals surface area contributed by atoms with E-state index in [0.29, 0.717) is 11.9 Å². The van der Waals surface area contributed by atoms with Crippen molar-refractivity contribution in [3.05, 3.63) is 0 Å². The van der Waals surface area contributed by atoms with Gasteiger partial charge in [-0.2, -0.15) is 0 Å². The first kappa shape index (κ1) is 16.8. The number of amides is 1. The molecule has 2 fully saturated rings. The molecule has 0 aromatic rings. The molecule has 0 unspecified atom stereocenters. The number of carbonyl (C=O) groups excluding carboxylic acids is 1. The summed E-state index contributed by atoms with van der Waals surface area (Å²) < 4.78 is 0. The van der Waals surface area contributed by atoms with Gasteiger partial charge in [-0.05, 0) is 85.1 Å². The van der Waals surface area contributed by atoms with Crippen molar-refractivity contribution in [1.29, 1.82) is 0 Å². The van der Waals surface area contributed by atoms with Gasteiger partial charge < -0.3 is 15.1 Å². The first-order valence-corrected chi connectivity index (χ1v) is 8.76. The Morgan fingerprint density at radius 3 is 2.29 bits per heavy atom. The number of hydrogen-bond acceptors (Lipinski definition) is 3. The third-order valence-electron chi connectivity index (χ3n) is 5.32. The molecule has 2 aliphatic rings. The lowest BCUT2D eigenvalue weighted by Crippen LogP contribution is -2.43. The number of carbonyl (C=O) groups is 1. The molecule has 4 nitrogen and oxygen atoms in total. The Kier molecular flexibility index (Phi) is 6.49. The van der Waals surface area contributed by atoms with Gasteiger partial charge in [-0.1, -0.05) is 0 Å². The lowest BCUT2D eigenvalue weighted by Gasteiger charge is -2.34. The van der Waals surface area contributed by atoms with Gasteiger partial charge in [-0.25, -0.2) is 0 Å². The van der Waals surface area contributed by atoms with Gasteiger partial charge >= 0.3 is 0 Å². The van der Waals surface area contributed by atoms with E-state index < -0.39 is 0 Å². The first-order valence-electron chi connectivity index (χ1n) is 8.76. The Morgan fingerprint density at radius 2 is 1.71 bits per heavy atom. The predicted molar refractivity (Wildman–Crippen MR) is 87.3 cm³/mol. The molecule has 1 amide bonds. The smallest absolute Gasteiger partial charge is 0.223 e. The zero-order valence-corrected chi connectivity index (χ0v) is 14.1. The van der Waals surface area contributed by atoms with Crippen LogP contribution in [-0.2, 0) is 4.79 Å². The largest absolute Gasteiger partial charge is 0.356 e. The summed E-state index contributed by atoms with van der Waals surface area (Å²) in [6.07, 6.45) is 5.79. The van der Waals surface area contributed by atoms with Crippen LogP contribution in [0.2, 0.25) is 0 Å². The molecule has 2 rings (SSSR count). The van der Waals surface area contributed by atoms with Crippen molar-refractivity contribution in [2.24, 2.45) is 11.8 Å². The number of piperidine rings is 2. The highest BCUT2D eigenvalue weighted by Gasteiger charge is 2.26. The monoisotopic (exact) mass is 295 g/mol. The summed E-state index contributed by atoms with van der Waals surface area (Å²) in [5, 5.41) is 3.18. The molecule has 0 radical (unpaired) electrons. The molecule has 2 saturated heterocycles. The molecule has 0 atom stereocenters. The maximum atomic E-state index is 12.2. The molecular weight excluding hydrogens is 262 g/mol. The fourth-order valence-corrected chi connectivity index (χ4v) is 3.57. The fourth-order valence-electron chi connectivity index (χ4n) is 3.57. The van der Waals surface area contributed by atoms with Gasteiger partial charge in [0.15, 0.2) is 0 Å². The Bertz CT molecular complexity index is 316. The molecule has 2 aliphatic heterocycles. The lowest BCUT2D eigenvalue weighted by atomic mass is 9.93. The molecule has 0 spiro atoms. The highest BCUT2D eigenvalue weighted by atomic mass is 16.1. The first-order chi connectivity index (χ1) is 10.1. The number of nitrogens with zero attached hydrogens (tertiary/aromatic N) is 2. The second kappa shape index (κ2) is 8.14. The minimum absolute atomic E-state index is 0.248. The number of likely N-dealkylation sites (tertiary alicyclic amines) is 2. The molecule has 1 N–H and O–H groups in total. The van der Waals surface area contributed by atoms with Crippen LogP contribution >= 0.6 is 0 Å². The Morgan fingerprint density at radius 1 is 1.10 bits per heavy atom. The number of nitrogens with one attached hydrogen (secondary N) is 1. The molecule has 0 bridgehead atoms. The zero-order chi connectivity index (χ0) is 15.2. The number of rotatable bonds is 5. The summed E-state index contributed by atoms with van der Waals surface area (Å²) in [7, 11) is 2.20. The minimum Gasteiger partial charge on any atom is -0.356 e. The van der Waals surface area contributed by atoms with Crippen molar-refractivity contribution in [1.82, 2.24) is 15.1 Å². The van der Waals surface area contributed by atoms with E-state index in [1.54, 1.807) is 0 Å². The second-order valence-corrected chi connectivity index (χ2v) is 7.23. The van der Waals surface area contributed by atoms with Crippen LogP contribution in [0.5, 0.6) is 0 Å². The van der Waals surface area contributed by atoms with Gasteiger partial charge in [0.2, 0.25) is 5.91 Å². The van der Waals surface area contributed by atoms with Crippen molar-refractivity contribution in [2.75, 3.05) is 39.8 Å². The minimum atomic E-state index is 0.248. The van der Waals surface area contributed by atoms with Crippen molar-refractivity contribution >= 4 is 5.91 Å². The van der Waals surface area contributed by atoms with E-state index in [9.17, 15) is 4.79 Å². The fraction of sp³-hybridized carbons (Fsp3) is 0.941. The SMILES string of the molecule is CC(C)N1CCC(C(=O)NCCC2CCN(C)CC2)CC1. The van der Waals surface area contributed by atoms with Crippen LogP contribution in [0, 0.1) is 11.8 Å².